The summed E-state index contributed by atoms with van der Waals surface area (Å²) in [6, 6.07) is 6.84. The summed E-state index contributed by atoms with van der Waals surface area (Å²) >= 11 is 0. The number of H-pyrrole nitrogens is 2. The van der Waals surface area contributed by atoms with Crippen LogP contribution in [0.4, 0.5) is 15.9 Å². The van der Waals surface area contributed by atoms with Crippen molar-refractivity contribution in [2.75, 3.05) is 23.3 Å². The van der Waals surface area contributed by atoms with E-state index in [-0.39, 0.29) is 11.8 Å². The molecule has 0 radical (unpaired) electrons. The summed E-state index contributed by atoms with van der Waals surface area (Å²) < 4.78 is 15.2. The van der Waals surface area contributed by atoms with Gasteiger partial charge in [-0.3, -0.25) is 14.9 Å². The van der Waals surface area contributed by atoms with Crippen LogP contribution >= 0.6 is 0 Å². The first-order valence-corrected chi connectivity index (χ1v) is 12.7. The first-order chi connectivity index (χ1) is 18.1. The average Bonchev–Trinajstić information content (AvgIpc) is 3.56. The second kappa shape index (κ2) is 8.65. The van der Waals surface area contributed by atoms with Gasteiger partial charge in [-0.1, -0.05) is 0 Å². The van der Waals surface area contributed by atoms with Crippen LogP contribution in [0.15, 0.2) is 42.9 Å². The van der Waals surface area contributed by atoms with Crippen LogP contribution in [0.3, 0.4) is 0 Å². The van der Waals surface area contributed by atoms with Crippen LogP contribution in [-0.4, -0.2) is 49.1 Å². The summed E-state index contributed by atoms with van der Waals surface area (Å²) in [7, 11) is 0. The highest BCUT2D eigenvalue weighted by molar-refractivity contribution is 5.98. The van der Waals surface area contributed by atoms with Gasteiger partial charge in [0.25, 0.3) is 0 Å². The molecule has 1 aliphatic carbocycles. The molecule has 1 saturated carbocycles. The molecular formula is C27H25FN8O. The number of pyridine rings is 2. The number of amides is 1. The van der Waals surface area contributed by atoms with Gasteiger partial charge in [-0.05, 0) is 50.3 Å². The third kappa shape index (κ3) is 3.98. The first-order valence-electron chi connectivity index (χ1n) is 12.7. The smallest absolute Gasteiger partial charge is 0.227 e. The van der Waals surface area contributed by atoms with Crippen molar-refractivity contribution in [3.8, 4) is 22.6 Å². The number of halogens is 1. The summed E-state index contributed by atoms with van der Waals surface area (Å²) in [6.45, 7) is 1.94. The zero-order valence-electron chi connectivity index (χ0n) is 20.1. The number of nitrogens with zero attached hydrogens (tertiary/aromatic N) is 5. The predicted molar refractivity (Wildman–Crippen MR) is 140 cm³/mol. The molecule has 0 atom stereocenters. The van der Waals surface area contributed by atoms with Crippen molar-refractivity contribution in [3.05, 3.63) is 48.7 Å². The lowest BCUT2D eigenvalue weighted by atomic mass is 10.0. The SMILES string of the molecule is O=C(Nc1cncc(-c2cc3c(-c4nc5c(N6CCCCC6)nccc5[nH]4)n[nH]c3cc2F)c1)C1CC1. The number of fused-ring (bicyclic) bond motifs is 2. The number of imidazole rings is 1. The fraction of sp³-hybridized carbons (Fsp3) is 0.296. The number of hydrogen-bond donors (Lipinski definition) is 3. The van der Waals surface area contributed by atoms with Crippen molar-refractivity contribution in [2.24, 2.45) is 5.92 Å². The van der Waals surface area contributed by atoms with Gasteiger partial charge in [0.05, 0.1) is 22.9 Å². The number of aromatic nitrogens is 6. The Kier molecular flexibility index (Phi) is 5.12. The topological polar surface area (TPSA) is 115 Å². The van der Waals surface area contributed by atoms with E-state index in [0.29, 0.717) is 33.8 Å². The van der Waals surface area contributed by atoms with E-state index in [9.17, 15) is 4.79 Å². The van der Waals surface area contributed by atoms with E-state index in [2.05, 4.69) is 35.4 Å². The summed E-state index contributed by atoms with van der Waals surface area (Å²) in [6.07, 6.45) is 10.3. The van der Waals surface area contributed by atoms with Gasteiger partial charge in [0.2, 0.25) is 5.91 Å². The van der Waals surface area contributed by atoms with E-state index in [0.717, 1.165) is 61.0 Å². The second-order valence-electron chi connectivity index (χ2n) is 9.84. The zero-order valence-corrected chi connectivity index (χ0v) is 20.1. The maximum absolute atomic E-state index is 15.2. The monoisotopic (exact) mass is 496 g/mol. The van der Waals surface area contributed by atoms with Gasteiger partial charge in [-0.15, -0.1) is 0 Å². The summed E-state index contributed by atoms with van der Waals surface area (Å²) in [5.74, 6) is 1.11. The molecule has 7 rings (SSSR count). The molecule has 2 aliphatic rings. The molecule has 37 heavy (non-hydrogen) atoms. The van der Waals surface area contributed by atoms with Crippen LogP contribution in [0.25, 0.3) is 44.6 Å². The largest absolute Gasteiger partial charge is 0.355 e. The standard InChI is InChI=1S/C27H25FN8O/c28-20-12-22-19(11-18(20)16-10-17(14-29-13-16)31-27(37)15-4-5-15)23(35-34-22)25-32-21-6-7-30-26(24(21)33-25)36-8-2-1-3-9-36/h6-7,10-15H,1-5,8-9H2,(H,31,37)(H,32,33)(H,34,35). The number of nitrogens with one attached hydrogen (secondary N) is 3. The zero-order chi connectivity index (χ0) is 24.9. The number of anilines is 2. The van der Waals surface area contributed by atoms with E-state index in [1.54, 1.807) is 30.7 Å². The fourth-order valence-corrected chi connectivity index (χ4v) is 5.06. The van der Waals surface area contributed by atoms with Crippen LogP contribution in [-0.2, 0) is 4.79 Å². The Morgan fingerprint density at radius 2 is 1.95 bits per heavy atom. The Morgan fingerprint density at radius 1 is 1.08 bits per heavy atom. The van der Waals surface area contributed by atoms with Crippen molar-refractivity contribution >= 4 is 39.3 Å². The molecule has 0 unspecified atom stereocenters. The quantitative estimate of drug-likeness (QED) is 0.314. The Morgan fingerprint density at radius 3 is 2.78 bits per heavy atom. The molecule has 9 nitrogen and oxygen atoms in total. The number of rotatable bonds is 5. The number of hydrogen-bond acceptors (Lipinski definition) is 6. The molecule has 0 bridgehead atoms. The van der Waals surface area contributed by atoms with E-state index in [1.165, 1.54) is 12.5 Å². The highest BCUT2D eigenvalue weighted by Crippen LogP contribution is 2.35. The fourth-order valence-electron chi connectivity index (χ4n) is 5.06. The number of aromatic amines is 2. The second-order valence-corrected chi connectivity index (χ2v) is 9.84. The molecule has 3 N–H and O–H groups in total. The lowest BCUT2D eigenvalue weighted by molar-refractivity contribution is -0.117. The average molecular weight is 497 g/mol. The molecule has 10 heteroatoms. The predicted octanol–water partition coefficient (Wildman–Crippen LogP) is 5.04. The van der Waals surface area contributed by atoms with E-state index >= 15 is 4.39 Å². The molecule has 1 saturated heterocycles. The van der Waals surface area contributed by atoms with Crippen LogP contribution in [0, 0.1) is 11.7 Å². The van der Waals surface area contributed by atoms with Crippen LogP contribution < -0.4 is 10.2 Å². The molecule has 1 amide bonds. The summed E-state index contributed by atoms with van der Waals surface area (Å²) in [4.78, 5) is 31.6. The Hall–Kier alpha value is -4.34. The lowest BCUT2D eigenvalue weighted by Crippen LogP contribution is -2.30. The molecule has 0 spiro atoms. The molecule has 4 aromatic heterocycles. The van der Waals surface area contributed by atoms with Crippen molar-refractivity contribution in [1.82, 2.24) is 30.1 Å². The van der Waals surface area contributed by atoms with Crippen LogP contribution in [0.2, 0.25) is 0 Å². The molecule has 2 fully saturated rings. The lowest BCUT2D eigenvalue weighted by Gasteiger charge is -2.27. The van der Waals surface area contributed by atoms with E-state index in [4.69, 9.17) is 4.98 Å². The van der Waals surface area contributed by atoms with Gasteiger partial charge in [-0.25, -0.2) is 14.4 Å². The Labute approximate surface area is 211 Å². The molecule has 1 aromatic carbocycles. The maximum Gasteiger partial charge on any atom is 0.227 e. The number of carbonyl (C=O) groups excluding carboxylic acids is 1. The molecule has 1 aliphatic heterocycles. The van der Waals surface area contributed by atoms with Crippen molar-refractivity contribution in [3.63, 3.8) is 0 Å². The molecule has 5 aromatic rings. The third-order valence-corrected chi connectivity index (χ3v) is 7.18. The number of piperidine rings is 1. The molecule has 5 heterocycles. The molecular weight excluding hydrogens is 471 g/mol. The highest BCUT2D eigenvalue weighted by atomic mass is 19.1. The minimum atomic E-state index is -0.406. The highest BCUT2D eigenvalue weighted by Gasteiger charge is 2.29. The number of benzene rings is 1. The summed E-state index contributed by atoms with van der Waals surface area (Å²) in [5.41, 5.74) is 4.35. The van der Waals surface area contributed by atoms with E-state index < -0.39 is 5.82 Å². The van der Waals surface area contributed by atoms with Crippen LogP contribution in [0.5, 0.6) is 0 Å². The normalized spacial score (nSPS) is 16.0. The number of carbonyl (C=O) groups is 1. The van der Waals surface area contributed by atoms with Crippen molar-refractivity contribution in [1.29, 1.82) is 0 Å². The Bertz CT molecular complexity index is 1650. The maximum atomic E-state index is 15.2. The molecule has 186 valence electrons. The minimum absolute atomic E-state index is 0.0182. The van der Waals surface area contributed by atoms with Crippen LogP contribution in [0.1, 0.15) is 32.1 Å². The van der Waals surface area contributed by atoms with Gasteiger partial charge in [0, 0.05) is 54.0 Å². The van der Waals surface area contributed by atoms with Gasteiger partial charge in [-0.2, -0.15) is 5.10 Å². The van der Waals surface area contributed by atoms with Gasteiger partial charge in [0.15, 0.2) is 11.6 Å². The van der Waals surface area contributed by atoms with Crippen molar-refractivity contribution < 1.29 is 9.18 Å². The summed E-state index contributed by atoms with van der Waals surface area (Å²) in [5, 5.41) is 11.0. The minimum Gasteiger partial charge on any atom is -0.355 e. The third-order valence-electron chi connectivity index (χ3n) is 7.18. The van der Waals surface area contributed by atoms with Crippen molar-refractivity contribution in [2.45, 2.75) is 32.1 Å². The van der Waals surface area contributed by atoms with Gasteiger partial charge in [0.1, 0.15) is 17.0 Å². The Balaban J connectivity index is 1.28. The van der Waals surface area contributed by atoms with Gasteiger partial charge >= 0.3 is 0 Å². The first kappa shape index (κ1) is 21.9. The van der Waals surface area contributed by atoms with Gasteiger partial charge < -0.3 is 15.2 Å². The van der Waals surface area contributed by atoms with E-state index in [1.807, 2.05) is 6.07 Å².